The number of halogens is 2. The second-order valence-electron chi connectivity index (χ2n) is 9.00. The lowest BCUT2D eigenvalue weighted by atomic mass is 9.76. The van der Waals surface area contributed by atoms with Gasteiger partial charge in [-0.05, 0) is 30.5 Å². The summed E-state index contributed by atoms with van der Waals surface area (Å²) in [6, 6.07) is 5.15. The van der Waals surface area contributed by atoms with Gasteiger partial charge in [-0.3, -0.25) is 19.7 Å². The van der Waals surface area contributed by atoms with Crippen molar-refractivity contribution >= 4 is 28.4 Å². The van der Waals surface area contributed by atoms with Gasteiger partial charge in [0, 0.05) is 54.9 Å². The van der Waals surface area contributed by atoms with Crippen LogP contribution in [0.25, 0.3) is 22.0 Å². The SMILES string of the molecule is CC(=O)NC1CC(c2nc3ccc(-c4cn[nH]c4)cc3c(NC3CC(F)(F)C3)c2C(N)=O)C1. The van der Waals surface area contributed by atoms with Crippen LogP contribution >= 0.6 is 0 Å². The molecule has 0 atom stereocenters. The predicted octanol–water partition coefficient (Wildman–Crippen LogP) is 3.32. The summed E-state index contributed by atoms with van der Waals surface area (Å²) >= 11 is 0. The van der Waals surface area contributed by atoms with Gasteiger partial charge in [-0.15, -0.1) is 0 Å². The third-order valence-corrected chi connectivity index (χ3v) is 6.46. The molecular weight excluding hydrogens is 430 g/mol. The molecule has 33 heavy (non-hydrogen) atoms. The molecule has 8 nitrogen and oxygen atoms in total. The monoisotopic (exact) mass is 454 g/mol. The highest BCUT2D eigenvalue weighted by Crippen LogP contribution is 2.44. The summed E-state index contributed by atoms with van der Waals surface area (Å²) in [5.74, 6) is -3.55. The van der Waals surface area contributed by atoms with E-state index in [4.69, 9.17) is 10.7 Å². The summed E-state index contributed by atoms with van der Waals surface area (Å²) in [5, 5.41) is 13.4. The standard InChI is InChI=1S/C23H24F2N6O2/c1-11(32)29-15-4-13(5-15)20-19(22(26)33)21(30-16-7-23(24,25)8-16)17-6-12(2-3-18(17)31-20)14-9-27-28-10-14/h2-3,6,9-10,13,15-16H,4-5,7-8H2,1H3,(H2,26,33)(H,27,28)(H,29,32)(H,30,31). The molecule has 2 aliphatic rings. The first-order valence-electron chi connectivity index (χ1n) is 10.9. The number of anilines is 1. The first kappa shape index (κ1) is 21.3. The Balaban J connectivity index is 1.60. The van der Waals surface area contributed by atoms with E-state index in [9.17, 15) is 18.4 Å². The average Bonchev–Trinajstić information content (AvgIpc) is 3.22. The number of alkyl halides is 2. The highest BCUT2D eigenvalue weighted by atomic mass is 19.3. The molecule has 0 aliphatic heterocycles. The molecule has 3 aromatic rings. The van der Waals surface area contributed by atoms with Crippen LogP contribution in [0.5, 0.6) is 0 Å². The van der Waals surface area contributed by atoms with E-state index in [0.29, 0.717) is 35.1 Å². The van der Waals surface area contributed by atoms with Crippen LogP contribution in [0.3, 0.4) is 0 Å². The molecule has 2 aliphatic carbocycles. The van der Waals surface area contributed by atoms with Crippen molar-refractivity contribution in [1.82, 2.24) is 20.5 Å². The number of nitrogens with one attached hydrogen (secondary N) is 3. The topological polar surface area (TPSA) is 126 Å². The molecule has 5 N–H and O–H groups in total. The number of H-pyrrole nitrogens is 1. The average molecular weight is 454 g/mol. The summed E-state index contributed by atoms with van der Waals surface area (Å²) < 4.78 is 27.1. The Morgan fingerprint density at radius 1 is 1.18 bits per heavy atom. The van der Waals surface area contributed by atoms with E-state index in [-0.39, 0.29) is 36.3 Å². The molecule has 0 saturated heterocycles. The maximum absolute atomic E-state index is 13.5. The maximum atomic E-state index is 13.5. The normalized spacial score (nSPS) is 21.8. The Kier molecular flexibility index (Phi) is 5.02. The van der Waals surface area contributed by atoms with Gasteiger partial charge in [-0.2, -0.15) is 5.10 Å². The zero-order valence-electron chi connectivity index (χ0n) is 18.0. The van der Waals surface area contributed by atoms with E-state index in [1.807, 2.05) is 18.2 Å². The Morgan fingerprint density at radius 3 is 2.55 bits per heavy atom. The van der Waals surface area contributed by atoms with Gasteiger partial charge in [0.25, 0.3) is 11.8 Å². The van der Waals surface area contributed by atoms with Gasteiger partial charge in [0.2, 0.25) is 5.91 Å². The number of hydrogen-bond donors (Lipinski definition) is 4. The number of hydrogen-bond acceptors (Lipinski definition) is 5. The Morgan fingerprint density at radius 2 is 1.94 bits per heavy atom. The number of nitrogens with two attached hydrogens (primary N) is 1. The smallest absolute Gasteiger partial charge is 0.252 e. The molecule has 2 amide bonds. The predicted molar refractivity (Wildman–Crippen MR) is 119 cm³/mol. The first-order valence-corrected chi connectivity index (χ1v) is 10.9. The first-order chi connectivity index (χ1) is 15.7. The van der Waals surface area contributed by atoms with Crippen LogP contribution in [0.1, 0.15) is 54.6 Å². The molecule has 5 rings (SSSR count). The Labute approximate surface area is 188 Å². The maximum Gasteiger partial charge on any atom is 0.252 e. The largest absolute Gasteiger partial charge is 0.381 e. The van der Waals surface area contributed by atoms with Crippen LogP contribution in [-0.2, 0) is 4.79 Å². The van der Waals surface area contributed by atoms with Crippen molar-refractivity contribution in [3.8, 4) is 11.1 Å². The molecule has 2 aromatic heterocycles. The lowest BCUT2D eigenvalue weighted by Crippen LogP contribution is -2.45. The summed E-state index contributed by atoms with van der Waals surface area (Å²) in [7, 11) is 0. The zero-order chi connectivity index (χ0) is 23.3. The van der Waals surface area contributed by atoms with E-state index in [1.165, 1.54) is 6.92 Å². The van der Waals surface area contributed by atoms with Crippen molar-refractivity contribution in [3.05, 3.63) is 41.9 Å². The fourth-order valence-electron chi connectivity index (χ4n) is 4.78. The number of rotatable bonds is 6. The van der Waals surface area contributed by atoms with Crippen molar-refractivity contribution in [3.63, 3.8) is 0 Å². The van der Waals surface area contributed by atoms with E-state index in [1.54, 1.807) is 12.4 Å². The molecule has 2 saturated carbocycles. The van der Waals surface area contributed by atoms with Crippen LogP contribution in [0.2, 0.25) is 0 Å². The van der Waals surface area contributed by atoms with Crippen LogP contribution in [0.15, 0.2) is 30.6 Å². The fourth-order valence-corrected chi connectivity index (χ4v) is 4.78. The van der Waals surface area contributed by atoms with Crippen molar-refractivity contribution in [1.29, 1.82) is 0 Å². The van der Waals surface area contributed by atoms with Crippen molar-refractivity contribution < 1.29 is 18.4 Å². The third kappa shape index (κ3) is 4.01. The number of aromatic nitrogens is 3. The van der Waals surface area contributed by atoms with E-state index in [2.05, 4.69) is 20.8 Å². The highest BCUT2D eigenvalue weighted by Gasteiger charge is 2.46. The minimum atomic E-state index is -2.71. The molecule has 0 spiro atoms. The minimum absolute atomic E-state index is 0.0101. The summed E-state index contributed by atoms with van der Waals surface area (Å²) in [5.41, 5.74) is 9.35. The molecule has 172 valence electrons. The number of pyridine rings is 1. The van der Waals surface area contributed by atoms with Gasteiger partial charge < -0.3 is 16.4 Å². The summed E-state index contributed by atoms with van der Waals surface area (Å²) in [6.45, 7) is 1.46. The summed E-state index contributed by atoms with van der Waals surface area (Å²) in [4.78, 5) is 28.8. The van der Waals surface area contributed by atoms with Crippen molar-refractivity contribution in [2.75, 3.05) is 5.32 Å². The number of primary amides is 1. The second-order valence-corrected chi connectivity index (χ2v) is 9.00. The lowest BCUT2D eigenvalue weighted by molar-refractivity contribution is -0.120. The molecule has 2 fully saturated rings. The van der Waals surface area contributed by atoms with Gasteiger partial charge >= 0.3 is 0 Å². The lowest BCUT2D eigenvalue weighted by Gasteiger charge is -2.38. The molecule has 10 heteroatoms. The molecule has 0 radical (unpaired) electrons. The minimum Gasteiger partial charge on any atom is -0.381 e. The summed E-state index contributed by atoms with van der Waals surface area (Å²) in [6.07, 6.45) is 4.07. The van der Waals surface area contributed by atoms with Crippen molar-refractivity contribution in [2.24, 2.45) is 5.73 Å². The van der Waals surface area contributed by atoms with Crippen LogP contribution < -0.4 is 16.4 Å². The number of fused-ring (bicyclic) bond motifs is 1. The number of aromatic amines is 1. The second kappa shape index (κ2) is 7.79. The quantitative estimate of drug-likeness (QED) is 0.455. The molecule has 2 heterocycles. The molecule has 0 unspecified atom stereocenters. The molecule has 0 bridgehead atoms. The van der Waals surface area contributed by atoms with E-state index >= 15 is 0 Å². The van der Waals surface area contributed by atoms with Crippen LogP contribution in [0.4, 0.5) is 14.5 Å². The Hall–Kier alpha value is -3.56. The Bertz CT molecular complexity index is 1230. The number of carbonyl (C=O) groups excluding carboxylic acids is 2. The van der Waals surface area contributed by atoms with E-state index in [0.717, 1.165) is 11.1 Å². The van der Waals surface area contributed by atoms with Gasteiger partial charge in [-0.25, -0.2) is 8.78 Å². The van der Waals surface area contributed by atoms with Crippen LogP contribution in [-0.4, -0.2) is 45.0 Å². The third-order valence-electron chi connectivity index (χ3n) is 6.46. The zero-order valence-corrected chi connectivity index (χ0v) is 18.0. The van der Waals surface area contributed by atoms with Gasteiger partial charge in [-0.1, -0.05) is 6.07 Å². The number of amides is 2. The fraction of sp³-hybridized carbons (Fsp3) is 0.391. The number of nitrogens with zero attached hydrogens (tertiary/aromatic N) is 2. The van der Waals surface area contributed by atoms with Gasteiger partial charge in [0.1, 0.15) is 0 Å². The number of benzene rings is 1. The van der Waals surface area contributed by atoms with E-state index < -0.39 is 17.9 Å². The molecular formula is C23H24F2N6O2. The number of carbonyl (C=O) groups is 2. The van der Waals surface area contributed by atoms with Crippen LogP contribution in [0, 0.1) is 0 Å². The highest BCUT2D eigenvalue weighted by molar-refractivity contribution is 6.08. The van der Waals surface area contributed by atoms with Gasteiger partial charge in [0.05, 0.1) is 28.7 Å². The van der Waals surface area contributed by atoms with Crippen molar-refractivity contribution in [2.45, 2.75) is 56.5 Å². The van der Waals surface area contributed by atoms with Gasteiger partial charge in [0.15, 0.2) is 0 Å². The molecule has 1 aromatic carbocycles.